The number of nitrogens with one attached hydrogen (secondary N) is 4. The van der Waals surface area contributed by atoms with Crippen molar-refractivity contribution in [1.29, 1.82) is 0 Å². The van der Waals surface area contributed by atoms with Crippen molar-refractivity contribution >= 4 is 40.5 Å². The van der Waals surface area contributed by atoms with Gasteiger partial charge in [-0.15, -0.1) is 0 Å². The number of pyridine rings is 1. The number of fused-ring (bicyclic) bond motifs is 1. The molecule has 2 aliphatic rings. The third-order valence-electron chi connectivity index (χ3n) is 9.58. The Morgan fingerprint density at radius 1 is 0.925 bits per heavy atom. The van der Waals surface area contributed by atoms with Crippen LogP contribution in [0.25, 0.3) is 39.0 Å². The molecule has 0 radical (unpaired) electrons. The average molecular weight is 766 g/mol. The van der Waals surface area contributed by atoms with E-state index in [0.717, 1.165) is 12.0 Å². The van der Waals surface area contributed by atoms with Gasteiger partial charge in [-0.3, -0.25) is 19.0 Å². The number of nitrogens with zero attached hydrogens (tertiary/aromatic N) is 4. The number of ether oxygens (including phenoxy) is 1. The van der Waals surface area contributed by atoms with Crippen LogP contribution in [-0.4, -0.2) is 69.2 Å². The van der Waals surface area contributed by atoms with Crippen LogP contribution < -0.4 is 31.6 Å². The lowest BCUT2D eigenvalue weighted by Gasteiger charge is -2.15. The molecule has 276 valence electrons. The Balaban J connectivity index is 1.11. The summed E-state index contributed by atoms with van der Waals surface area (Å²) in [5, 5.41) is 17.1. The van der Waals surface area contributed by atoms with Crippen molar-refractivity contribution in [2.24, 2.45) is 7.05 Å². The van der Waals surface area contributed by atoms with Crippen LogP contribution in [0.1, 0.15) is 30.7 Å². The predicted molar refractivity (Wildman–Crippen MR) is 197 cm³/mol. The van der Waals surface area contributed by atoms with Gasteiger partial charge in [0.2, 0.25) is 11.8 Å². The first-order valence-electron chi connectivity index (χ1n) is 17.0. The molecule has 12 nitrogen and oxygen atoms in total. The number of rotatable bonds is 12. The molecule has 4 N–H and O–H groups in total. The van der Waals surface area contributed by atoms with E-state index in [1.54, 1.807) is 26.4 Å². The molecule has 0 bridgehead atoms. The van der Waals surface area contributed by atoms with Crippen molar-refractivity contribution in [1.82, 2.24) is 40.4 Å². The standard InChI is InChI=1S/C37H36Cl2F2N8O4/c1-48-30(18-43-17-23-14-37(40,41)36(52)45-23)47-49-19-21(13-29(49)35(48)51)24-5-3-6-25(32(24)38)26-7-4-8-27(33(26)39)28-11-9-20(34(46-28)53-2)15-42-16-22-10-12-31(50)44-22/h3-9,11,13,19,22-23,42-43H,10,12,14-18H2,1-2H3,(H,44,50)(H,45,52)/t22-,23+/m1/s1. The Kier molecular flexibility index (Phi) is 10.2. The molecule has 2 amide bonds. The number of hydrogen-bond donors (Lipinski definition) is 4. The Morgan fingerprint density at radius 2 is 1.60 bits per heavy atom. The molecule has 16 heteroatoms. The number of hydrogen-bond acceptors (Lipinski definition) is 8. The lowest BCUT2D eigenvalue weighted by atomic mass is 9.97. The van der Waals surface area contributed by atoms with E-state index >= 15 is 0 Å². The van der Waals surface area contributed by atoms with Crippen LogP contribution in [0.5, 0.6) is 5.88 Å². The number of alkyl halides is 2. The highest BCUT2D eigenvalue weighted by Gasteiger charge is 2.47. The minimum atomic E-state index is -3.39. The lowest BCUT2D eigenvalue weighted by molar-refractivity contribution is -0.139. The summed E-state index contributed by atoms with van der Waals surface area (Å²) < 4.78 is 35.7. The first-order chi connectivity index (χ1) is 25.4. The van der Waals surface area contributed by atoms with Crippen LogP contribution in [0.2, 0.25) is 10.0 Å². The first-order valence-corrected chi connectivity index (χ1v) is 17.8. The fourth-order valence-corrected chi connectivity index (χ4v) is 7.41. The van der Waals surface area contributed by atoms with Gasteiger partial charge in [0.05, 0.1) is 29.4 Å². The Bertz CT molecular complexity index is 2300. The molecule has 2 atom stereocenters. The van der Waals surface area contributed by atoms with Crippen molar-refractivity contribution in [3.63, 3.8) is 0 Å². The van der Waals surface area contributed by atoms with Crippen LogP contribution >= 0.6 is 23.2 Å². The van der Waals surface area contributed by atoms with Crippen molar-refractivity contribution in [2.45, 2.75) is 50.4 Å². The van der Waals surface area contributed by atoms with Gasteiger partial charge in [0.25, 0.3) is 11.5 Å². The highest BCUT2D eigenvalue weighted by Crippen LogP contribution is 2.42. The molecule has 5 aromatic rings. The summed E-state index contributed by atoms with van der Waals surface area (Å²) in [5.74, 6) is -3.77. The second-order valence-corrected chi connectivity index (χ2v) is 13.9. The smallest absolute Gasteiger partial charge is 0.326 e. The minimum Gasteiger partial charge on any atom is -0.481 e. The SMILES string of the molecule is COc1nc(-c2cccc(-c3cccc(-c4cc5c(=O)n(C)c(CNC[C@@H]6CC(F)(F)C(=O)N6)nn5c4)c3Cl)c2Cl)ccc1CNC[C@H]1CCC(=O)N1. The number of benzene rings is 2. The molecule has 3 aromatic heterocycles. The van der Waals surface area contributed by atoms with E-state index in [1.807, 2.05) is 48.5 Å². The van der Waals surface area contributed by atoms with Gasteiger partial charge >= 0.3 is 5.92 Å². The number of aromatic nitrogens is 4. The Hall–Kier alpha value is -4.89. The molecule has 2 aromatic carbocycles. The van der Waals surface area contributed by atoms with E-state index in [4.69, 9.17) is 32.9 Å². The van der Waals surface area contributed by atoms with Crippen LogP contribution in [0.15, 0.2) is 65.6 Å². The highest BCUT2D eigenvalue weighted by molar-refractivity contribution is 6.39. The van der Waals surface area contributed by atoms with Gasteiger partial charge in [0.15, 0.2) is 0 Å². The Morgan fingerprint density at radius 3 is 2.28 bits per heavy atom. The van der Waals surface area contributed by atoms with Crippen LogP contribution in [-0.2, 0) is 29.7 Å². The molecular formula is C37H36Cl2F2N8O4. The zero-order chi connectivity index (χ0) is 37.4. The van der Waals surface area contributed by atoms with Crippen molar-refractivity contribution in [2.75, 3.05) is 20.2 Å². The average Bonchev–Trinajstić information content (AvgIpc) is 3.83. The highest BCUT2D eigenvalue weighted by atomic mass is 35.5. The monoisotopic (exact) mass is 764 g/mol. The van der Waals surface area contributed by atoms with Gasteiger partial charge in [-0.2, -0.15) is 13.9 Å². The van der Waals surface area contributed by atoms with Crippen molar-refractivity contribution in [3.05, 3.63) is 92.6 Å². The van der Waals surface area contributed by atoms with Gasteiger partial charge < -0.3 is 26.0 Å². The lowest BCUT2D eigenvalue weighted by Crippen LogP contribution is -2.37. The summed E-state index contributed by atoms with van der Waals surface area (Å²) in [6, 6.07) is 16.1. The third-order valence-corrected chi connectivity index (χ3v) is 10.4. The summed E-state index contributed by atoms with van der Waals surface area (Å²) in [6.07, 6.45) is 2.46. The third kappa shape index (κ3) is 7.36. The fraction of sp³-hybridized carbons (Fsp3) is 0.324. The summed E-state index contributed by atoms with van der Waals surface area (Å²) in [6.45, 7) is 1.36. The number of halogens is 4. The molecule has 0 unspecified atom stereocenters. The van der Waals surface area contributed by atoms with E-state index in [2.05, 4.69) is 26.4 Å². The molecule has 2 aliphatic heterocycles. The van der Waals surface area contributed by atoms with Crippen LogP contribution in [0, 0.1) is 0 Å². The number of carbonyl (C=O) groups excluding carboxylic acids is 2. The number of methoxy groups -OCH3 is 1. The van der Waals surface area contributed by atoms with E-state index in [-0.39, 0.29) is 30.6 Å². The molecule has 2 fully saturated rings. The van der Waals surface area contributed by atoms with Gasteiger partial charge in [-0.05, 0) is 18.6 Å². The molecule has 2 saturated heterocycles. The van der Waals surface area contributed by atoms with E-state index in [1.165, 1.54) is 9.08 Å². The quantitative estimate of drug-likeness (QED) is 0.143. The second-order valence-electron chi connectivity index (χ2n) is 13.2. The van der Waals surface area contributed by atoms with Crippen molar-refractivity contribution < 1.29 is 23.1 Å². The largest absolute Gasteiger partial charge is 0.481 e. The molecular weight excluding hydrogens is 729 g/mol. The Labute approximate surface area is 312 Å². The zero-order valence-electron chi connectivity index (χ0n) is 28.8. The number of amides is 2. The molecule has 0 spiro atoms. The van der Waals surface area contributed by atoms with Gasteiger partial charge in [0, 0.05) is 91.2 Å². The summed E-state index contributed by atoms with van der Waals surface area (Å²) in [5.41, 5.74) is 4.84. The maximum Gasteiger partial charge on any atom is 0.326 e. The maximum absolute atomic E-state index is 13.6. The first kappa shape index (κ1) is 36.5. The molecule has 7 rings (SSSR count). The predicted octanol–water partition coefficient (Wildman–Crippen LogP) is 4.73. The van der Waals surface area contributed by atoms with Crippen LogP contribution in [0.4, 0.5) is 8.78 Å². The summed E-state index contributed by atoms with van der Waals surface area (Å²) >= 11 is 14.1. The molecule has 53 heavy (non-hydrogen) atoms. The van der Waals surface area contributed by atoms with Crippen LogP contribution in [0.3, 0.4) is 0 Å². The van der Waals surface area contributed by atoms with Gasteiger partial charge in [-0.25, -0.2) is 9.50 Å². The molecule has 0 saturated carbocycles. The normalized spacial score (nSPS) is 18.1. The molecule has 5 heterocycles. The van der Waals surface area contributed by atoms with E-state index < -0.39 is 24.3 Å². The minimum absolute atomic E-state index is 0.0746. The topological polar surface area (TPSA) is 144 Å². The van der Waals surface area contributed by atoms with Gasteiger partial charge in [0.1, 0.15) is 11.3 Å². The molecule has 0 aliphatic carbocycles. The fourth-order valence-electron chi connectivity index (χ4n) is 6.74. The second kappa shape index (κ2) is 14.9. The maximum atomic E-state index is 13.6. The van der Waals surface area contributed by atoms with E-state index in [0.29, 0.717) is 80.3 Å². The van der Waals surface area contributed by atoms with Crippen molar-refractivity contribution in [3.8, 4) is 39.4 Å². The number of carbonyl (C=O) groups is 2. The summed E-state index contributed by atoms with van der Waals surface area (Å²) in [7, 11) is 3.15. The summed E-state index contributed by atoms with van der Waals surface area (Å²) in [4.78, 5) is 41.1. The zero-order valence-corrected chi connectivity index (χ0v) is 30.3. The van der Waals surface area contributed by atoms with E-state index in [9.17, 15) is 23.2 Å². The van der Waals surface area contributed by atoms with Gasteiger partial charge in [-0.1, -0.05) is 65.7 Å².